The molecule has 2 aromatic rings. The number of allylic oxidation sites excluding steroid dienone is 1. The molecule has 11 heteroatoms. The van der Waals surface area contributed by atoms with Crippen LogP contribution in [0, 0.1) is 11.3 Å². The summed E-state index contributed by atoms with van der Waals surface area (Å²) in [7, 11) is 1.52. The lowest BCUT2D eigenvalue weighted by molar-refractivity contribution is -0.139. The zero-order valence-corrected chi connectivity index (χ0v) is 21.8. The number of halogens is 3. The van der Waals surface area contributed by atoms with Crippen molar-refractivity contribution in [3.63, 3.8) is 0 Å². The fraction of sp³-hybridized carbons (Fsp3) is 0.321. The standard InChI is InChI=1S/C28H29F3N4O4/c1-4-39-27(37)22-17(2)35(21-8-5-7-20(15-21)28(29,30)31)25(33)24(26(36)34-13-6-14-38-3)23(22)19-11-9-18(16-32)10-12-19/h5,7-12,15,23H,4,6,13-14,33H2,1-3H3,(H,34,36). The third kappa shape index (κ3) is 6.41. The first kappa shape index (κ1) is 29.3. The molecule has 3 rings (SSSR count). The third-order valence-electron chi connectivity index (χ3n) is 6.17. The van der Waals surface area contributed by atoms with Crippen LogP contribution in [0.15, 0.2) is 71.2 Å². The van der Waals surface area contributed by atoms with E-state index in [-0.39, 0.29) is 41.5 Å². The highest BCUT2D eigenvalue weighted by molar-refractivity contribution is 6.03. The number of methoxy groups -OCH3 is 1. The highest BCUT2D eigenvalue weighted by Crippen LogP contribution is 2.44. The Labute approximate surface area is 224 Å². The second kappa shape index (κ2) is 12.5. The van der Waals surface area contributed by atoms with Crippen LogP contribution in [0.25, 0.3) is 0 Å². The van der Waals surface area contributed by atoms with Crippen LogP contribution in [0.3, 0.4) is 0 Å². The molecule has 1 unspecified atom stereocenters. The molecule has 1 aliphatic rings. The Bertz CT molecular complexity index is 1330. The molecule has 0 aromatic heterocycles. The first-order valence-electron chi connectivity index (χ1n) is 12.2. The van der Waals surface area contributed by atoms with Crippen LogP contribution in [0.1, 0.15) is 42.9 Å². The van der Waals surface area contributed by atoms with Gasteiger partial charge in [-0.05, 0) is 56.2 Å². The minimum absolute atomic E-state index is 0.0181. The van der Waals surface area contributed by atoms with E-state index < -0.39 is 29.5 Å². The number of alkyl halides is 3. The van der Waals surface area contributed by atoms with Crippen LogP contribution < -0.4 is 16.0 Å². The van der Waals surface area contributed by atoms with Gasteiger partial charge in [-0.25, -0.2) is 4.79 Å². The number of ether oxygens (including phenoxy) is 2. The van der Waals surface area contributed by atoms with Gasteiger partial charge in [0.05, 0.1) is 40.9 Å². The van der Waals surface area contributed by atoms with E-state index in [0.717, 1.165) is 12.1 Å². The van der Waals surface area contributed by atoms with Gasteiger partial charge in [0.1, 0.15) is 5.82 Å². The van der Waals surface area contributed by atoms with Gasteiger partial charge in [0.15, 0.2) is 0 Å². The van der Waals surface area contributed by atoms with E-state index in [1.807, 2.05) is 6.07 Å². The Morgan fingerprint density at radius 1 is 1.15 bits per heavy atom. The van der Waals surface area contributed by atoms with Crippen molar-refractivity contribution in [2.24, 2.45) is 5.73 Å². The maximum atomic E-state index is 13.6. The van der Waals surface area contributed by atoms with E-state index >= 15 is 0 Å². The number of carbonyl (C=O) groups is 2. The SMILES string of the molecule is CCOC(=O)C1=C(C)N(c2cccc(C(F)(F)F)c2)C(N)=C(C(=O)NCCCOC)C1c1ccc(C#N)cc1. The van der Waals surface area contributed by atoms with Gasteiger partial charge in [0, 0.05) is 31.6 Å². The van der Waals surface area contributed by atoms with Gasteiger partial charge in [-0.1, -0.05) is 18.2 Å². The van der Waals surface area contributed by atoms with Gasteiger partial charge < -0.3 is 25.4 Å². The molecule has 0 fully saturated rings. The monoisotopic (exact) mass is 542 g/mol. The van der Waals surface area contributed by atoms with Crippen molar-refractivity contribution in [2.75, 3.05) is 31.8 Å². The number of nitriles is 1. The van der Waals surface area contributed by atoms with E-state index in [2.05, 4.69) is 5.32 Å². The van der Waals surface area contributed by atoms with Crippen LogP contribution in [0.4, 0.5) is 18.9 Å². The van der Waals surface area contributed by atoms with Crippen molar-refractivity contribution in [2.45, 2.75) is 32.4 Å². The zero-order valence-electron chi connectivity index (χ0n) is 21.8. The number of nitrogens with zero attached hydrogens (tertiary/aromatic N) is 2. The Kier molecular flexibility index (Phi) is 9.37. The molecule has 0 saturated heterocycles. The largest absolute Gasteiger partial charge is 0.463 e. The maximum Gasteiger partial charge on any atom is 0.416 e. The van der Waals surface area contributed by atoms with Gasteiger partial charge in [-0.2, -0.15) is 18.4 Å². The first-order chi connectivity index (χ1) is 18.5. The fourth-order valence-corrected chi connectivity index (χ4v) is 4.40. The summed E-state index contributed by atoms with van der Waals surface area (Å²) < 4.78 is 51.0. The Hall–Kier alpha value is -4.30. The number of amides is 1. The van der Waals surface area contributed by atoms with Crippen molar-refractivity contribution >= 4 is 17.6 Å². The summed E-state index contributed by atoms with van der Waals surface area (Å²) in [6.45, 7) is 3.79. The van der Waals surface area contributed by atoms with E-state index in [4.69, 9.17) is 15.2 Å². The van der Waals surface area contributed by atoms with Crippen molar-refractivity contribution < 1.29 is 32.2 Å². The number of benzene rings is 2. The smallest absolute Gasteiger partial charge is 0.416 e. The van der Waals surface area contributed by atoms with Crippen molar-refractivity contribution in [3.8, 4) is 6.07 Å². The van der Waals surface area contributed by atoms with Crippen molar-refractivity contribution in [3.05, 3.63) is 87.9 Å². The summed E-state index contributed by atoms with van der Waals surface area (Å²) in [5, 5.41) is 12.0. The molecule has 1 amide bonds. The zero-order chi connectivity index (χ0) is 28.7. The quantitative estimate of drug-likeness (QED) is 0.358. The maximum absolute atomic E-state index is 13.6. The van der Waals surface area contributed by atoms with Crippen LogP contribution in [0.5, 0.6) is 0 Å². The summed E-state index contributed by atoms with van der Waals surface area (Å²) in [5.41, 5.74) is 6.70. The predicted molar refractivity (Wildman–Crippen MR) is 138 cm³/mol. The van der Waals surface area contributed by atoms with Gasteiger partial charge >= 0.3 is 12.1 Å². The molecule has 1 aliphatic heterocycles. The number of anilines is 1. The van der Waals surface area contributed by atoms with Crippen LogP contribution in [-0.2, 0) is 25.2 Å². The molecule has 8 nitrogen and oxygen atoms in total. The topological polar surface area (TPSA) is 118 Å². The molecule has 2 aromatic carbocycles. The lowest BCUT2D eigenvalue weighted by Crippen LogP contribution is -2.42. The number of hydrogen-bond acceptors (Lipinski definition) is 7. The van der Waals surface area contributed by atoms with Gasteiger partial charge in [-0.15, -0.1) is 0 Å². The third-order valence-corrected chi connectivity index (χ3v) is 6.17. The van der Waals surface area contributed by atoms with Crippen LogP contribution in [0.2, 0.25) is 0 Å². The average molecular weight is 543 g/mol. The Morgan fingerprint density at radius 2 is 1.85 bits per heavy atom. The van der Waals surface area contributed by atoms with Gasteiger partial charge in [0.25, 0.3) is 5.91 Å². The molecule has 0 saturated carbocycles. The molecule has 3 N–H and O–H groups in total. The molecule has 1 heterocycles. The Balaban J connectivity index is 2.27. The number of nitrogens with one attached hydrogen (secondary N) is 1. The average Bonchev–Trinajstić information content (AvgIpc) is 2.90. The van der Waals surface area contributed by atoms with Gasteiger partial charge in [-0.3, -0.25) is 4.79 Å². The molecule has 206 valence electrons. The number of rotatable bonds is 9. The van der Waals surface area contributed by atoms with Gasteiger partial charge in [0.2, 0.25) is 0 Å². The van der Waals surface area contributed by atoms with E-state index in [0.29, 0.717) is 24.2 Å². The van der Waals surface area contributed by atoms with E-state index in [1.165, 1.54) is 43.2 Å². The molecule has 0 spiro atoms. The van der Waals surface area contributed by atoms with Crippen molar-refractivity contribution in [1.82, 2.24) is 5.32 Å². The molecule has 0 bridgehead atoms. The number of carbonyl (C=O) groups excluding carboxylic acids is 2. The molecule has 1 atom stereocenters. The minimum atomic E-state index is -4.63. The molecule has 39 heavy (non-hydrogen) atoms. The van der Waals surface area contributed by atoms with E-state index in [1.54, 1.807) is 19.1 Å². The number of hydrogen-bond donors (Lipinski definition) is 2. The lowest BCUT2D eigenvalue weighted by atomic mass is 9.80. The second-order valence-electron chi connectivity index (χ2n) is 8.67. The fourth-order valence-electron chi connectivity index (χ4n) is 4.40. The summed E-state index contributed by atoms with van der Waals surface area (Å²) in [6, 6.07) is 12.7. The number of esters is 1. The van der Waals surface area contributed by atoms with Crippen LogP contribution >= 0.6 is 0 Å². The predicted octanol–water partition coefficient (Wildman–Crippen LogP) is 4.34. The molecular weight excluding hydrogens is 513 g/mol. The molecular formula is C28H29F3N4O4. The molecule has 0 aliphatic carbocycles. The highest BCUT2D eigenvalue weighted by Gasteiger charge is 2.41. The summed E-state index contributed by atoms with van der Waals surface area (Å²) in [4.78, 5) is 28.2. The van der Waals surface area contributed by atoms with E-state index in [9.17, 15) is 28.0 Å². The minimum Gasteiger partial charge on any atom is -0.463 e. The normalized spacial score (nSPS) is 15.7. The summed E-state index contributed by atoms with van der Waals surface area (Å²) in [6.07, 6.45) is -4.13. The summed E-state index contributed by atoms with van der Waals surface area (Å²) in [5.74, 6) is -2.51. The number of nitrogens with two attached hydrogens (primary N) is 1. The lowest BCUT2D eigenvalue weighted by Gasteiger charge is -2.37. The summed E-state index contributed by atoms with van der Waals surface area (Å²) >= 11 is 0. The Morgan fingerprint density at radius 3 is 2.44 bits per heavy atom. The highest BCUT2D eigenvalue weighted by atomic mass is 19.4. The van der Waals surface area contributed by atoms with Crippen molar-refractivity contribution in [1.29, 1.82) is 5.26 Å². The molecule has 0 radical (unpaired) electrons. The van der Waals surface area contributed by atoms with Crippen LogP contribution in [-0.4, -0.2) is 38.7 Å². The second-order valence-corrected chi connectivity index (χ2v) is 8.67. The first-order valence-corrected chi connectivity index (χ1v) is 12.2.